The minimum Gasteiger partial charge on any atom is -0.481 e. The summed E-state index contributed by atoms with van der Waals surface area (Å²) >= 11 is 3.49. The molecule has 3 rings (SSSR count). The number of methoxy groups -OCH3 is 1. The van der Waals surface area contributed by atoms with Crippen molar-refractivity contribution in [3.05, 3.63) is 46.1 Å². The number of likely N-dealkylation sites (tertiary alicyclic amines) is 1. The second kappa shape index (κ2) is 7.36. The van der Waals surface area contributed by atoms with Crippen LogP contribution < -0.4 is 4.74 Å². The van der Waals surface area contributed by atoms with Gasteiger partial charge in [-0.15, -0.1) is 0 Å². The fourth-order valence-corrected chi connectivity index (χ4v) is 3.53. The van der Waals surface area contributed by atoms with Gasteiger partial charge in [0.05, 0.1) is 7.11 Å². The molecule has 0 spiro atoms. The van der Waals surface area contributed by atoms with Crippen LogP contribution in [0.3, 0.4) is 0 Å². The molecule has 0 aliphatic carbocycles. The van der Waals surface area contributed by atoms with Crippen LogP contribution in [0.4, 0.5) is 0 Å². The van der Waals surface area contributed by atoms with Crippen molar-refractivity contribution in [2.75, 3.05) is 20.2 Å². The van der Waals surface area contributed by atoms with Crippen LogP contribution in [0.2, 0.25) is 0 Å². The average molecular weight is 377 g/mol. The summed E-state index contributed by atoms with van der Waals surface area (Å²) in [6.45, 7) is 4.89. The molecule has 5 nitrogen and oxygen atoms in total. The number of aryl methyl sites for hydroxylation is 1. The minimum atomic E-state index is 0.469. The predicted molar refractivity (Wildman–Crippen MR) is 92.5 cm³/mol. The smallest absolute Gasteiger partial charge is 0.217 e. The summed E-state index contributed by atoms with van der Waals surface area (Å²) in [5, 5.41) is 0. The molecule has 6 heteroatoms. The fourth-order valence-electron chi connectivity index (χ4n) is 3.15. The van der Waals surface area contributed by atoms with Crippen LogP contribution in [0.15, 0.2) is 29.0 Å². The van der Waals surface area contributed by atoms with E-state index in [1.165, 1.54) is 12.8 Å². The zero-order valence-electron chi connectivity index (χ0n) is 13.5. The minimum absolute atomic E-state index is 0.469. The van der Waals surface area contributed by atoms with Crippen LogP contribution in [0.25, 0.3) is 0 Å². The summed E-state index contributed by atoms with van der Waals surface area (Å²) in [6.07, 6.45) is 5.99. The van der Waals surface area contributed by atoms with E-state index in [-0.39, 0.29) is 0 Å². The van der Waals surface area contributed by atoms with E-state index in [4.69, 9.17) is 4.74 Å². The van der Waals surface area contributed by atoms with Crippen molar-refractivity contribution in [2.24, 2.45) is 0 Å². The van der Waals surface area contributed by atoms with Gasteiger partial charge in [-0.2, -0.15) is 0 Å². The largest absolute Gasteiger partial charge is 0.481 e. The van der Waals surface area contributed by atoms with Crippen LogP contribution in [-0.2, 0) is 6.54 Å². The summed E-state index contributed by atoms with van der Waals surface area (Å²) in [5.74, 6) is 2.02. The Labute approximate surface area is 145 Å². The van der Waals surface area contributed by atoms with Gasteiger partial charge in [0.15, 0.2) is 0 Å². The van der Waals surface area contributed by atoms with E-state index in [0.717, 1.165) is 41.2 Å². The Morgan fingerprint density at radius 2 is 2.26 bits per heavy atom. The number of nitrogens with zero attached hydrogens (tertiary/aromatic N) is 4. The summed E-state index contributed by atoms with van der Waals surface area (Å²) < 4.78 is 6.37. The number of ether oxygens (including phenoxy) is 1. The molecule has 1 fully saturated rings. The molecule has 0 bridgehead atoms. The lowest BCUT2D eigenvalue weighted by molar-refractivity contribution is 0.195. The van der Waals surface area contributed by atoms with Gasteiger partial charge in [0.2, 0.25) is 5.88 Å². The van der Waals surface area contributed by atoms with Crippen molar-refractivity contribution in [3.63, 3.8) is 0 Å². The molecule has 1 unspecified atom stereocenters. The van der Waals surface area contributed by atoms with Crippen LogP contribution in [-0.4, -0.2) is 40.1 Å². The van der Waals surface area contributed by atoms with E-state index in [1.54, 1.807) is 13.3 Å². The summed E-state index contributed by atoms with van der Waals surface area (Å²) in [5.41, 5.74) is 2.27. The molecule has 23 heavy (non-hydrogen) atoms. The van der Waals surface area contributed by atoms with E-state index in [0.29, 0.717) is 11.8 Å². The molecule has 2 aromatic rings. The monoisotopic (exact) mass is 376 g/mol. The highest BCUT2D eigenvalue weighted by molar-refractivity contribution is 9.10. The number of rotatable bonds is 4. The van der Waals surface area contributed by atoms with Crippen molar-refractivity contribution < 1.29 is 4.74 Å². The van der Waals surface area contributed by atoms with Gasteiger partial charge in [0.25, 0.3) is 0 Å². The molecule has 0 aromatic carbocycles. The van der Waals surface area contributed by atoms with Crippen molar-refractivity contribution in [1.29, 1.82) is 0 Å². The van der Waals surface area contributed by atoms with Gasteiger partial charge < -0.3 is 4.74 Å². The maximum absolute atomic E-state index is 5.39. The van der Waals surface area contributed by atoms with E-state index in [2.05, 4.69) is 41.8 Å². The first-order chi connectivity index (χ1) is 11.2. The van der Waals surface area contributed by atoms with Crippen LogP contribution in [0.5, 0.6) is 5.88 Å². The van der Waals surface area contributed by atoms with Crippen molar-refractivity contribution in [2.45, 2.75) is 32.2 Å². The molecular weight excluding hydrogens is 356 g/mol. The van der Waals surface area contributed by atoms with Gasteiger partial charge in [-0.25, -0.2) is 15.0 Å². The molecule has 1 saturated heterocycles. The highest BCUT2D eigenvalue weighted by atomic mass is 79.9. The second-order valence-corrected chi connectivity index (χ2v) is 6.84. The summed E-state index contributed by atoms with van der Waals surface area (Å²) in [4.78, 5) is 15.6. The third kappa shape index (κ3) is 4.06. The average Bonchev–Trinajstić information content (AvgIpc) is 2.55. The lowest BCUT2D eigenvalue weighted by Gasteiger charge is -2.32. The maximum Gasteiger partial charge on any atom is 0.217 e. The Bertz CT molecular complexity index is 679. The molecule has 1 atom stereocenters. The summed E-state index contributed by atoms with van der Waals surface area (Å²) in [6, 6.07) is 4.13. The van der Waals surface area contributed by atoms with Crippen LogP contribution in [0.1, 0.15) is 35.8 Å². The SMILES string of the molecule is COc1ncc(Br)cc1CN1CCCC(c2ccnc(C)n2)C1. The highest BCUT2D eigenvalue weighted by Gasteiger charge is 2.23. The molecule has 0 saturated carbocycles. The lowest BCUT2D eigenvalue weighted by Crippen LogP contribution is -2.34. The first-order valence-corrected chi connectivity index (χ1v) is 8.65. The maximum atomic E-state index is 5.39. The Balaban J connectivity index is 1.73. The first kappa shape index (κ1) is 16.3. The third-order valence-corrected chi connectivity index (χ3v) is 4.63. The van der Waals surface area contributed by atoms with Gasteiger partial charge in [-0.1, -0.05) is 0 Å². The van der Waals surface area contributed by atoms with E-state index >= 15 is 0 Å². The number of piperidine rings is 1. The fraction of sp³-hybridized carbons (Fsp3) is 0.471. The van der Waals surface area contributed by atoms with Crippen molar-refractivity contribution >= 4 is 15.9 Å². The zero-order chi connectivity index (χ0) is 16.2. The molecule has 0 amide bonds. The van der Waals surface area contributed by atoms with Gasteiger partial charge in [0.1, 0.15) is 5.82 Å². The van der Waals surface area contributed by atoms with E-state index in [9.17, 15) is 0 Å². The molecule has 122 valence electrons. The predicted octanol–water partition coefficient (Wildman–Crippen LogP) is 3.33. The van der Waals surface area contributed by atoms with Gasteiger partial charge in [0, 0.05) is 47.1 Å². The third-order valence-electron chi connectivity index (χ3n) is 4.20. The number of aromatic nitrogens is 3. The number of halogens is 1. The van der Waals surface area contributed by atoms with Crippen molar-refractivity contribution in [1.82, 2.24) is 19.9 Å². The van der Waals surface area contributed by atoms with Gasteiger partial charge in [-0.05, 0) is 54.4 Å². The molecular formula is C17H21BrN4O. The number of pyridine rings is 1. The number of hydrogen-bond acceptors (Lipinski definition) is 5. The Kier molecular flexibility index (Phi) is 5.23. The van der Waals surface area contributed by atoms with Gasteiger partial charge >= 0.3 is 0 Å². The standard InChI is InChI=1S/C17H21BrN4O/c1-12-19-6-5-16(21-12)13-4-3-7-22(10-13)11-14-8-15(18)9-20-17(14)23-2/h5-6,8-9,13H,3-4,7,10-11H2,1-2H3. The summed E-state index contributed by atoms with van der Waals surface area (Å²) in [7, 11) is 1.67. The Morgan fingerprint density at radius 3 is 3.04 bits per heavy atom. The highest BCUT2D eigenvalue weighted by Crippen LogP contribution is 2.28. The van der Waals surface area contributed by atoms with E-state index in [1.807, 2.05) is 19.2 Å². The Hall–Kier alpha value is -1.53. The zero-order valence-corrected chi connectivity index (χ0v) is 15.1. The normalized spacial score (nSPS) is 18.8. The Morgan fingerprint density at radius 1 is 1.39 bits per heavy atom. The lowest BCUT2D eigenvalue weighted by atomic mass is 9.94. The number of hydrogen-bond donors (Lipinski definition) is 0. The molecule has 0 N–H and O–H groups in total. The van der Waals surface area contributed by atoms with Crippen LogP contribution >= 0.6 is 15.9 Å². The molecule has 0 radical (unpaired) electrons. The topological polar surface area (TPSA) is 51.1 Å². The molecule has 3 heterocycles. The molecule has 2 aromatic heterocycles. The van der Waals surface area contributed by atoms with Crippen LogP contribution in [0, 0.1) is 6.92 Å². The van der Waals surface area contributed by atoms with E-state index < -0.39 is 0 Å². The molecule has 1 aliphatic heterocycles. The molecule has 1 aliphatic rings. The van der Waals surface area contributed by atoms with Gasteiger partial charge in [-0.3, -0.25) is 4.90 Å². The van der Waals surface area contributed by atoms with Crippen molar-refractivity contribution in [3.8, 4) is 5.88 Å². The second-order valence-electron chi connectivity index (χ2n) is 5.92. The quantitative estimate of drug-likeness (QED) is 0.818. The first-order valence-electron chi connectivity index (χ1n) is 7.86.